The summed E-state index contributed by atoms with van der Waals surface area (Å²) >= 11 is 6.01. The maximum absolute atomic E-state index is 12.7. The lowest BCUT2D eigenvalue weighted by atomic mass is 10.1. The first-order chi connectivity index (χ1) is 14.6. The molecule has 30 heavy (non-hydrogen) atoms. The third-order valence-corrected chi connectivity index (χ3v) is 4.73. The van der Waals surface area contributed by atoms with E-state index in [1.807, 2.05) is 60.7 Å². The van der Waals surface area contributed by atoms with Crippen molar-refractivity contribution in [3.8, 4) is 28.3 Å². The molecule has 5 nitrogen and oxygen atoms in total. The molecule has 0 spiro atoms. The van der Waals surface area contributed by atoms with Gasteiger partial charge in [0.05, 0.1) is 18.5 Å². The van der Waals surface area contributed by atoms with Gasteiger partial charge in [0.15, 0.2) is 0 Å². The van der Waals surface area contributed by atoms with Gasteiger partial charge in [0, 0.05) is 21.7 Å². The number of aromatic nitrogens is 2. The van der Waals surface area contributed by atoms with Crippen LogP contribution in [0, 0.1) is 0 Å². The highest BCUT2D eigenvalue weighted by molar-refractivity contribution is 6.31. The van der Waals surface area contributed by atoms with Crippen molar-refractivity contribution < 1.29 is 9.53 Å². The number of ether oxygens (including phenoxy) is 1. The van der Waals surface area contributed by atoms with E-state index in [9.17, 15) is 4.79 Å². The van der Waals surface area contributed by atoms with Gasteiger partial charge in [0.1, 0.15) is 5.75 Å². The minimum absolute atomic E-state index is 0.215. The molecular formula is C24H18ClN3O2. The molecule has 0 aliphatic heterocycles. The number of amides is 1. The summed E-state index contributed by atoms with van der Waals surface area (Å²) in [7, 11) is 1.62. The summed E-state index contributed by atoms with van der Waals surface area (Å²) in [5.41, 5.74) is 3.63. The lowest BCUT2D eigenvalue weighted by molar-refractivity contribution is 0.102. The fourth-order valence-corrected chi connectivity index (χ4v) is 3.16. The third kappa shape index (κ3) is 4.47. The molecule has 0 aliphatic rings. The standard InChI is InChI=1S/C24H18ClN3O2/c1-30-20-12-10-17(11-13-20)22-15-21(16-6-3-2-4-7-16)26-24(27-22)28-23(29)18-8-5-9-19(25)14-18/h2-15H,1H3,(H,26,27,28,29). The predicted molar refractivity (Wildman–Crippen MR) is 119 cm³/mol. The number of anilines is 1. The minimum Gasteiger partial charge on any atom is -0.497 e. The van der Waals surface area contributed by atoms with Crippen LogP contribution >= 0.6 is 11.6 Å². The van der Waals surface area contributed by atoms with Crippen LogP contribution in [-0.4, -0.2) is 23.0 Å². The molecular weight excluding hydrogens is 398 g/mol. The molecule has 0 saturated heterocycles. The van der Waals surface area contributed by atoms with Gasteiger partial charge in [-0.15, -0.1) is 0 Å². The molecule has 0 fully saturated rings. The Morgan fingerprint density at radius 1 is 0.833 bits per heavy atom. The molecule has 148 valence electrons. The van der Waals surface area contributed by atoms with Gasteiger partial charge < -0.3 is 4.74 Å². The van der Waals surface area contributed by atoms with Crippen LogP contribution in [-0.2, 0) is 0 Å². The van der Waals surface area contributed by atoms with Crippen molar-refractivity contribution in [2.45, 2.75) is 0 Å². The molecule has 6 heteroatoms. The van der Waals surface area contributed by atoms with E-state index in [0.717, 1.165) is 16.9 Å². The van der Waals surface area contributed by atoms with Crippen molar-refractivity contribution in [3.05, 3.63) is 95.5 Å². The number of hydrogen-bond donors (Lipinski definition) is 1. The lowest BCUT2D eigenvalue weighted by Crippen LogP contribution is -2.14. The summed E-state index contributed by atoms with van der Waals surface area (Å²) in [5, 5.41) is 3.27. The number of halogens is 1. The van der Waals surface area contributed by atoms with Crippen molar-refractivity contribution in [1.29, 1.82) is 0 Å². The summed E-state index contributed by atoms with van der Waals surface area (Å²) in [4.78, 5) is 21.8. The SMILES string of the molecule is COc1ccc(-c2cc(-c3ccccc3)nc(NC(=O)c3cccc(Cl)c3)n2)cc1. The van der Waals surface area contributed by atoms with Crippen molar-refractivity contribution in [1.82, 2.24) is 9.97 Å². The maximum Gasteiger partial charge on any atom is 0.258 e. The van der Waals surface area contributed by atoms with Gasteiger partial charge in [-0.05, 0) is 48.5 Å². The van der Waals surface area contributed by atoms with E-state index in [2.05, 4.69) is 15.3 Å². The Kier molecular flexibility index (Phi) is 5.72. The second kappa shape index (κ2) is 8.76. The van der Waals surface area contributed by atoms with Crippen molar-refractivity contribution in [2.24, 2.45) is 0 Å². The predicted octanol–water partition coefficient (Wildman–Crippen LogP) is 5.72. The number of hydrogen-bond acceptors (Lipinski definition) is 4. The van der Waals surface area contributed by atoms with Crippen LogP contribution in [0.15, 0.2) is 84.9 Å². The topological polar surface area (TPSA) is 64.1 Å². The molecule has 0 unspecified atom stereocenters. The zero-order valence-electron chi connectivity index (χ0n) is 16.2. The second-order valence-electron chi connectivity index (χ2n) is 6.52. The zero-order valence-corrected chi connectivity index (χ0v) is 16.9. The fraction of sp³-hybridized carbons (Fsp3) is 0.0417. The zero-order chi connectivity index (χ0) is 20.9. The number of methoxy groups -OCH3 is 1. The van der Waals surface area contributed by atoms with E-state index in [1.165, 1.54) is 0 Å². The summed E-state index contributed by atoms with van der Waals surface area (Å²) in [6.07, 6.45) is 0. The summed E-state index contributed by atoms with van der Waals surface area (Å²) in [6.45, 7) is 0. The second-order valence-corrected chi connectivity index (χ2v) is 6.96. The average molecular weight is 416 g/mol. The van der Waals surface area contributed by atoms with Crippen LogP contribution in [0.2, 0.25) is 5.02 Å². The molecule has 0 aliphatic carbocycles. The Bertz CT molecular complexity index is 1180. The summed E-state index contributed by atoms with van der Waals surface area (Å²) in [6, 6.07) is 25.9. The van der Waals surface area contributed by atoms with Crippen LogP contribution < -0.4 is 10.1 Å². The quantitative estimate of drug-likeness (QED) is 0.452. The number of carbonyl (C=O) groups excluding carboxylic acids is 1. The molecule has 0 saturated carbocycles. The lowest BCUT2D eigenvalue weighted by Gasteiger charge is -2.10. The number of nitrogens with one attached hydrogen (secondary N) is 1. The van der Waals surface area contributed by atoms with Crippen LogP contribution in [0.1, 0.15) is 10.4 Å². The van der Waals surface area contributed by atoms with E-state index in [1.54, 1.807) is 31.4 Å². The largest absolute Gasteiger partial charge is 0.497 e. The highest BCUT2D eigenvalue weighted by atomic mass is 35.5. The van der Waals surface area contributed by atoms with E-state index in [4.69, 9.17) is 16.3 Å². The Balaban J connectivity index is 1.74. The Morgan fingerprint density at radius 2 is 1.50 bits per heavy atom. The Morgan fingerprint density at radius 3 is 2.13 bits per heavy atom. The van der Waals surface area contributed by atoms with Gasteiger partial charge in [-0.25, -0.2) is 9.97 Å². The Hall–Kier alpha value is -3.70. The molecule has 0 radical (unpaired) electrons. The molecule has 1 N–H and O–H groups in total. The molecule has 1 amide bonds. The van der Waals surface area contributed by atoms with E-state index in [0.29, 0.717) is 22.0 Å². The third-order valence-electron chi connectivity index (χ3n) is 4.49. The van der Waals surface area contributed by atoms with Gasteiger partial charge in [-0.3, -0.25) is 10.1 Å². The highest BCUT2D eigenvalue weighted by Gasteiger charge is 2.13. The molecule has 4 aromatic rings. The van der Waals surface area contributed by atoms with Crippen molar-refractivity contribution in [2.75, 3.05) is 12.4 Å². The monoisotopic (exact) mass is 415 g/mol. The van der Waals surface area contributed by atoms with E-state index >= 15 is 0 Å². The van der Waals surface area contributed by atoms with Gasteiger partial charge in [-0.2, -0.15) is 0 Å². The highest BCUT2D eigenvalue weighted by Crippen LogP contribution is 2.26. The average Bonchev–Trinajstić information content (AvgIpc) is 2.79. The summed E-state index contributed by atoms with van der Waals surface area (Å²) < 4.78 is 5.23. The smallest absolute Gasteiger partial charge is 0.258 e. The van der Waals surface area contributed by atoms with Crippen LogP contribution in [0.5, 0.6) is 5.75 Å². The van der Waals surface area contributed by atoms with Gasteiger partial charge in [0.2, 0.25) is 5.95 Å². The van der Waals surface area contributed by atoms with Crippen LogP contribution in [0.3, 0.4) is 0 Å². The molecule has 0 bridgehead atoms. The first kappa shape index (κ1) is 19.6. The van der Waals surface area contributed by atoms with Crippen LogP contribution in [0.25, 0.3) is 22.5 Å². The minimum atomic E-state index is -0.330. The Labute approximate surface area is 179 Å². The molecule has 1 aromatic heterocycles. The van der Waals surface area contributed by atoms with Crippen molar-refractivity contribution in [3.63, 3.8) is 0 Å². The normalized spacial score (nSPS) is 10.5. The van der Waals surface area contributed by atoms with Gasteiger partial charge >= 0.3 is 0 Å². The number of benzene rings is 3. The van der Waals surface area contributed by atoms with Crippen LogP contribution in [0.4, 0.5) is 5.95 Å². The summed E-state index contributed by atoms with van der Waals surface area (Å²) in [5.74, 6) is 0.640. The van der Waals surface area contributed by atoms with Crippen molar-refractivity contribution >= 4 is 23.5 Å². The number of rotatable bonds is 5. The number of carbonyl (C=O) groups is 1. The molecule has 0 atom stereocenters. The molecule has 4 rings (SSSR count). The first-order valence-electron chi connectivity index (χ1n) is 9.28. The molecule has 3 aromatic carbocycles. The first-order valence-corrected chi connectivity index (χ1v) is 9.66. The van der Waals surface area contributed by atoms with E-state index in [-0.39, 0.29) is 11.9 Å². The van der Waals surface area contributed by atoms with E-state index < -0.39 is 0 Å². The maximum atomic E-state index is 12.7. The van der Waals surface area contributed by atoms with Gasteiger partial charge in [-0.1, -0.05) is 48.0 Å². The van der Waals surface area contributed by atoms with Gasteiger partial charge in [0.25, 0.3) is 5.91 Å². The number of nitrogens with zero attached hydrogens (tertiary/aromatic N) is 2. The fourth-order valence-electron chi connectivity index (χ4n) is 2.97. The molecule has 1 heterocycles.